The highest BCUT2D eigenvalue weighted by Crippen LogP contribution is 2.33. The Morgan fingerprint density at radius 1 is 0.981 bits per heavy atom. The van der Waals surface area contributed by atoms with Crippen LogP contribution in [0.25, 0.3) is 0 Å². The van der Waals surface area contributed by atoms with Crippen LogP contribution in [0.1, 0.15) is 77.1 Å². The summed E-state index contributed by atoms with van der Waals surface area (Å²) in [7, 11) is 0. The first kappa shape index (κ1) is 40.8. The summed E-state index contributed by atoms with van der Waals surface area (Å²) < 4.78 is 67.7. The molecule has 1 saturated heterocycles. The molecule has 2 heterocycles. The molecule has 0 spiro atoms. The fourth-order valence-corrected chi connectivity index (χ4v) is 5.51. The van der Waals surface area contributed by atoms with Gasteiger partial charge in [0.1, 0.15) is 29.0 Å². The number of hydrogen-bond acceptors (Lipinski definition) is 7. The fourth-order valence-electron chi connectivity index (χ4n) is 5.51. The Hall–Kier alpha value is -4.99. The van der Waals surface area contributed by atoms with E-state index in [1.165, 1.54) is 29.5 Å². The van der Waals surface area contributed by atoms with E-state index in [2.05, 4.69) is 20.9 Å². The van der Waals surface area contributed by atoms with Crippen molar-refractivity contribution in [2.75, 3.05) is 25.0 Å². The molecule has 0 bridgehead atoms. The number of imidazole rings is 1. The second-order valence-electron chi connectivity index (χ2n) is 14.6. The number of rotatable bonds is 12. The lowest BCUT2D eigenvalue weighted by Crippen LogP contribution is -2.59. The predicted octanol–water partition coefficient (Wildman–Crippen LogP) is 5.83. The van der Waals surface area contributed by atoms with Crippen molar-refractivity contribution in [3.63, 3.8) is 0 Å². The van der Waals surface area contributed by atoms with Crippen molar-refractivity contribution >= 4 is 29.6 Å². The highest BCUT2D eigenvalue weighted by atomic mass is 19.4. The van der Waals surface area contributed by atoms with E-state index < -0.39 is 64.6 Å². The maximum atomic E-state index is 15.4. The second-order valence-corrected chi connectivity index (χ2v) is 14.6. The van der Waals surface area contributed by atoms with Crippen LogP contribution in [0.4, 0.5) is 28.2 Å². The van der Waals surface area contributed by atoms with Crippen molar-refractivity contribution in [2.45, 2.75) is 90.4 Å². The first-order valence-corrected chi connectivity index (χ1v) is 17.2. The van der Waals surface area contributed by atoms with E-state index in [-0.39, 0.29) is 24.6 Å². The average molecular weight is 747 g/mol. The van der Waals surface area contributed by atoms with Crippen LogP contribution in [0.15, 0.2) is 61.1 Å². The Bertz CT molecular complexity index is 1750. The van der Waals surface area contributed by atoms with Crippen molar-refractivity contribution in [2.24, 2.45) is 5.92 Å². The first-order valence-electron chi connectivity index (χ1n) is 17.2. The maximum Gasteiger partial charge on any atom is 0.416 e. The Morgan fingerprint density at radius 2 is 1.64 bits per heavy atom. The van der Waals surface area contributed by atoms with Crippen molar-refractivity contribution in [1.82, 2.24) is 25.1 Å². The summed E-state index contributed by atoms with van der Waals surface area (Å²) in [5.74, 6) is -3.04. The number of aromatic nitrogens is 2. The largest absolute Gasteiger partial charge is 0.444 e. The average Bonchev–Trinajstić information content (AvgIpc) is 3.51. The number of nitrogens with one attached hydrogen (secondary N) is 3. The van der Waals surface area contributed by atoms with Crippen LogP contribution in [-0.4, -0.2) is 75.1 Å². The van der Waals surface area contributed by atoms with E-state index in [0.29, 0.717) is 44.0 Å². The molecule has 0 saturated carbocycles. The lowest BCUT2D eigenvalue weighted by Gasteiger charge is -2.33. The molecule has 53 heavy (non-hydrogen) atoms. The van der Waals surface area contributed by atoms with Gasteiger partial charge in [0.2, 0.25) is 11.8 Å². The number of nitrogens with zero attached hydrogens (tertiary/aromatic N) is 3. The van der Waals surface area contributed by atoms with Gasteiger partial charge in [0.05, 0.1) is 25.1 Å². The number of halogens is 4. The summed E-state index contributed by atoms with van der Waals surface area (Å²) in [5.41, 5.74) is -3.08. The van der Waals surface area contributed by atoms with Crippen molar-refractivity contribution in [3.05, 3.63) is 83.6 Å². The van der Waals surface area contributed by atoms with Gasteiger partial charge in [-0.3, -0.25) is 14.4 Å². The van der Waals surface area contributed by atoms with Crippen molar-refractivity contribution < 1.29 is 46.2 Å². The van der Waals surface area contributed by atoms with Gasteiger partial charge in [-0.25, -0.2) is 14.2 Å². The van der Waals surface area contributed by atoms with Crippen molar-refractivity contribution in [3.8, 4) is 0 Å². The standard InChI is InChI=1S/C37H46F4N6O6/c1-23-14-16-46(17-15-23)32(49)30(26-13-12-25(18-27(26)38)37(39,40)41)47-19-29(42-22-47)44-31(48)28(21-52-20-24-10-8-7-9-11-24)43-33(50)36(5,6)45-34(51)53-35(2,3)4/h7-13,18-19,22-23,28,30H,14-17,20-21H2,1-6H3,(H,43,50)(H,44,48)(H,45,51)/t28-,30?/m1/s1. The van der Waals surface area contributed by atoms with Crippen LogP contribution in [-0.2, 0) is 36.6 Å². The lowest BCUT2D eigenvalue weighted by atomic mass is 9.97. The highest BCUT2D eigenvalue weighted by molar-refractivity contribution is 5.98. The predicted molar refractivity (Wildman–Crippen MR) is 187 cm³/mol. The third kappa shape index (κ3) is 11.5. The molecule has 3 aromatic rings. The number of carbonyl (C=O) groups is 4. The molecule has 4 rings (SSSR count). The number of piperidine rings is 1. The summed E-state index contributed by atoms with van der Waals surface area (Å²) in [5, 5.41) is 7.65. The number of benzene rings is 2. The lowest BCUT2D eigenvalue weighted by molar-refractivity contribution is -0.137. The zero-order valence-corrected chi connectivity index (χ0v) is 30.6. The number of alkyl halides is 3. The molecule has 16 heteroatoms. The van der Waals surface area contributed by atoms with E-state index in [1.54, 1.807) is 20.8 Å². The minimum Gasteiger partial charge on any atom is -0.444 e. The van der Waals surface area contributed by atoms with Crippen LogP contribution in [0.3, 0.4) is 0 Å². The third-order valence-corrected chi connectivity index (χ3v) is 8.50. The minimum absolute atomic E-state index is 0.0964. The number of amides is 4. The smallest absolute Gasteiger partial charge is 0.416 e. The summed E-state index contributed by atoms with van der Waals surface area (Å²) >= 11 is 0. The summed E-state index contributed by atoms with van der Waals surface area (Å²) in [6, 6.07) is 8.30. The number of ether oxygens (including phenoxy) is 2. The molecule has 1 unspecified atom stereocenters. The summed E-state index contributed by atoms with van der Waals surface area (Å²) in [6.45, 7) is 10.4. The Labute approximate surface area is 305 Å². The van der Waals surface area contributed by atoms with Gasteiger partial charge in [-0.1, -0.05) is 43.3 Å². The SMILES string of the molecule is CC1CCN(C(=O)C(c2ccc(C(F)(F)F)cc2F)n2cnc(NC(=O)[C@@H](COCc3ccccc3)NC(=O)C(C)(C)NC(=O)OC(C)(C)C)c2)CC1. The fraction of sp³-hybridized carbons (Fsp3) is 0.486. The molecule has 0 aliphatic carbocycles. The zero-order valence-electron chi connectivity index (χ0n) is 30.6. The van der Waals surface area contributed by atoms with E-state index in [9.17, 15) is 32.3 Å². The number of anilines is 1. The Morgan fingerprint density at radius 3 is 2.25 bits per heavy atom. The summed E-state index contributed by atoms with van der Waals surface area (Å²) in [4.78, 5) is 59.1. The topological polar surface area (TPSA) is 144 Å². The van der Waals surface area contributed by atoms with Crippen LogP contribution in [0.5, 0.6) is 0 Å². The van der Waals surface area contributed by atoms with Crippen LogP contribution in [0.2, 0.25) is 0 Å². The Kier molecular flexibility index (Phi) is 12.9. The molecule has 12 nitrogen and oxygen atoms in total. The molecule has 1 aliphatic heterocycles. The van der Waals surface area contributed by atoms with Gasteiger partial charge >= 0.3 is 12.3 Å². The van der Waals surface area contributed by atoms with Gasteiger partial charge in [-0.2, -0.15) is 13.2 Å². The molecule has 3 N–H and O–H groups in total. The van der Waals surface area contributed by atoms with Crippen LogP contribution in [0, 0.1) is 11.7 Å². The molecule has 1 aliphatic rings. The molecule has 0 radical (unpaired) electrons. The number of alkyl carbamates (subject to hydrolysis) is 1. The number of hydrogen-bond donors (Lipinski definition) is 3. The van der Waals surface area contributed by atoms with Crippen LogP contribution < -0.4 is 16.0 Å². The quantitative estimate of drug-likeness (QED) is 0.198. The molecular formula is C37H46F4N6O6. The van der Waals surface area contributed by atoms with Gasteiger partial charge < -0.3 is 34.9 Å². The van der Waals surface area contributed by atoms with E-state index in [1.807, 2.05) is 37.3 Å². The maximum absolute atomic E-state index is 15.4. The van der Waals surface area contributed by atoms with Gasteiger partial charge in [-0.15, -0.1) is 0 Å². The molecule has 2 atom stereocenters. The zero-order chi connectivity index (χ0) is 39.1. The second kappa shape index (κ2) is 16.8. The molecular weight excluding hydrogens is 700 g/mol. The first-order chi connectivity index (χ1) is 24.7. The molecule has 4 amide bonds. The normalized spacial score (nSPS) is 15.3. The molecule has 1 aromatic heterocycles. The minimum atomic E-state index is -4.80. The monoisotopic (exact) mass is 746 g/mol. The van der Waals surface area contributed by atoms with Gasteiger partial charge in [-0.05, 0) is 71.1 Å². The number of likely N-dealkylation sites (tertiary alicyclic amines) is 1. The Balaban J connectivity index is 1.58. The van der Waals surface area contributed by atoms with E-state index in [4.69, 9.17) is 9.47 Å². The summed E-state index contributed by atoms with van der Waals surface area (Å²) in [6.07, 6.45) is -1.84. The van der Waals surface area contributed by atoms with Gasteiger partial charge in [0.25, 0.3) is 5.91 Å². The third-order valence-electron chi connectivity index (χ3n) is 8.50. The molecule has 1 fully saturated rings. The van der Waals surface area contributed by atoms with Crippen LogP contribution >= 0.6 is 0 Å². The van der Waals surface area contributed by atoms with Gasteiger partial charge in [0.15, 0.2) is 5.82 Å². The van der Waals surface area contributed by atoms with E-state index in [0.717, 1.165) is 18.0 Å². The molecule has 2 aromatic carbocycles. The van der Waals surface area contributed by atoms with E-state index >= 15 is 4.39 Å². The van der Waals surface area contributed by atoms with Crippen molar-refractivity contribution in [1.29, 1.82) is 0 Å². The number of carbonyl (C=O) groups excluding carboxylic acids is 4. The molecule has 288 valence electrons. The van der Waals surface area contributed by atoms with Gasteiger partial charge in [0, 0.05) is 24.8 Å². The highest BCUT2D eigenvalue weighted by Gasteiger charge is 2.37.